The number of benzene rings is 1. The molecule has 0 atom stereocenters. The van der Waals surface area contributed by atoms with E-state index in [-0.39, 0.29) is 5.91 Å². The summed E-state index contributed by atoms with van der Waals surface area (Å²) in [6.07, 6.45) is 0. The molecular formula is C16H19NO3S. The molecule has 1 aromatic heterocycles. The summed E-state index contributed by atoms with van der Waals surface area (Å²) in [5.41, 5.74) is 1.45. The van der Waals surface area contributed by atoms with E-state index in [2.05, 4.69) is 0 Å². The van der Waals surface area contributed by atoms with Crippen LogP contribution in [0.4, 0.5) is 0 Å². The SMILES string of the molecule is COc1cc(C(=O)N(C)Cc2cccs2)cc(OC)c1C. The highest BCUT2D eigenvalue weighted by Gasteiger charge is 2.17. The van der Waals surface area contributed by atoms with Crippen molar-refractivity contribution in [2.45, 2.75) is 13.5 Å². The van der Waals surface area contributed by atoms with Gasteiger partial charge in [0.2, 0.25) is 0 Å². The van der Waals surface area contributed by atoms with E-state index < -0.39 is 0 Å². The predicted molar refractivity (Wildman–Crippen MR) is 84.4 cm³/mol. The molecule has 0 aliphatic rings. The number of rotatable bonds is 5. The Bertz CT molecular complexity index is 597. The van der Waals surface area contributed by atoms with Crippen molar-refractivity contribution in [3.8, 4) is 11.5 Å². The van der Waals surface area contributed by atoms with Gasteiger partial charge in [-0.3, -0.25) is 4.79 Å². The minimum atomic E-state index is -0.0556. The van der Waals surface area contributed by atoms with Gasteiger partial charge in [-0.05, 0) is 30.5 Å². The lowest BCUT2D eigenvalue weighted by Crippen LogP contribution is -2.25. The summed E-state index contributed by atoms with van der Waals surface area (Å²) in [4.78, 5) is 15.4. The van der Waals surface area contributed by atoms with Gasteiger partial charge in [0, 0.05) is 23.1 Å². The van der Waals surface area contributed by atoms with Crippen LogP contribution in [0.2, 0.25) is 0 Å². The maximum absolute atomic E-state index is 12.5. The quantitative estimate of drug-likeness (QED) is 0.850. The van der Waals surface area contributed by atoms with E-state index in [4.69, 9.17) is 9.47 Å². The van der Waals surface area contributed by atoms with Crippen molar-refractivity contribution in [1.82, 2.24) is 4.90 Å². The van der Waals surface area contributed by atoms with Gasteiger partial charge in [0.25, 0.3) is 5.91 Å². The van der Waals surface area contributed by atoms with E-state index in [0.29, 0.717) is 23.6 Å². The second-order valence-corrected chi connectivity index (χ2v) is 5.78. The summed E-state index contributed by atoms with van der Waals surface area (Å²) in [5.74, 6) is 1.25. The number of carbonyl (C=O) groups is 1. The second kappa shape index (κ2) is 6.63. The molecule has 0 unspecified atom stereocenters. The van der Waals surface area contributed by atoms with Crippen LogP contribution < -0.4 is 9.47 Å². The Morgan fingerprint density at radius 3 is 2.33 bits per heavy atom. The Kier molecular flexibility index (Phi) is 4.85. The number of carbonyl (C=O) groups excluding carboxylic acids is 1. The van der Waals surface area contributed by atoms with Crippen molar-refractivity contribution in [1.29, 1.82) is 0 Å². The average molecular weight is 305 g/mol. The molecule has 4 nitrogen and oxygen atoms in total. The highest BCUT2D eigenvalue weighted by atomic mass is 32.1. The first-order chi connectivity index (χ1) is 10.1. The maximum Gasteiger partial charge on any atom is 0.254 e. The molecule has 0 bridgehead atoms. The van der Waals surface area contributed by atoms with E-state index in [9.17, 15) is 4.79 Å². The third-order valence-corrected chi connectivity index (χ3v) is 4.18. The molecule has 1 heterocycles. The Labute approximate surface area is 128 Å². The molecule has 1 aromatic carbocycles. The Hall–Kier alpha value is -2.01. The smallest absolute Gasteiger partial charge is 0.254 e. The second-order valence-electron chi connectivity index (χ2n) is 4.75. The van der Waals surface area contributed by atoms with Gasteiger partial charge in [0.1, 0.15) is 11.5 Å². The van der Waals surface area contributed by atoms with Gasteiger partial charge in [-0.1, -0.05) is 6.07 Å². The van der Waals surface area contributed by atoms with Gasteiger partial charge in [-0.15, -0.1) is 11.3 Å². The zero-order valence-electron chi connectivity index (χ0n) is 12.7. The maximum atomic E-state index is 12.5. The summed E-state index contributed by atoms with van der Waals surface area (Å²) >= 11 is 1.64. The highest BCUT2D eigenvalue weighted by Crippen LogP contribution is 2.30. The number of amides is 1. The fraction of sp³-hybridized carbons (Fsp3) is 0.312. The summed E-state index contributed by atoms with van der Waals surface area (Å²) in [6, 6.07) is 7.51. The van der Waals surface area contributed by atoms with Crippen molar-refractivity contribution >= 4 is 17.2 Å². The van der Waals surface area contributed by atoms with Crippen LogP contribution >= 0.6 is 11.3 Å². The molecule has 2 aromatic rings. The zero-order chi connectivity index (χ0) is 15.4. The standard InChI is InChI=1S/C16H19NO3S/c1-11-14(19-3)8-12(9-15(11)20-4)16(18)17(2)10-13-6-5-7-21-13/h5-9H,10H2,1-4H3. The minimum absolute atomic E-state index is 0.0556. The van der Waals surface area contributed by atoms with Gasteiger partial charge >= 0.3 is 0 Å². The lowest BCUT2D eigenvalue weighted by molar-refractivity contribution is 0.0785. The third kappa shape index (κ3) is 3.36. The van der Waals surface area contributed by atoms with Crippen molar-refractivity contribution in [2.24, 2.45) is 0 Å². The lowest BCUT2D eigenvalue weighted by atomic mass is 10.1. The molecule has 0 fully saturated rings. The fourth-order valence-electron chi connectivity index (χ4n) is 2.14. The highest BCUT2D eigenvalue weighted by molar-refractivity contribution is 7.09. The van der Waals surface area contributed by atoms with Crippen LogP contribution in [0.25, 0.3) is 0 Å². The van der Waals surface area contributed by atoms with Crippen LogP contribution in [-0.2, 0) is 6.54 Å². The van der Waals surface area contributed by atoms with Crippen molar-refractivity contribution in [3.63, 3.8) is 0 Å². The number of nitrogens with zero attached hydrogens (tertiary/aromatic N) is 1. The van der Waals surface area contributed by atoms with E-state index in [1.54, 1.807) is 49.6 Å². The summed E-state index contributed by atoms with van der Waals surface area (Å²) < 4.78 is 10.6. The van der Waals surface area contributed by atoms with E-state index in [1.807, 2.05) is 24.4 Å². The Morgan fingerprint density at radius 1 is 1.24 bits per heavy atom. The van der Waals surface area contributed by atoms with Gasteiger partial charge in [0.05, 0.1) is 20.8 Å². The molecule has 5 heteroatoms. The average Bonchev–Trinajstić information content (AvgIpc) is 2.99. The van der Waals surface area contributed by atoms with E-state index in [1.165, 1.54) is 0 Å². The summed E-state index contributed by atoms with van der Waals surface area (Å²) in [7, 11) is 4.97. The van der Waals surface area contributed by atoms with Crippen LogP contribution in [0.15, 0.2) is 29.6 Å². The number of ether oxygens (including phenoxy) is 2. The normalized spacial score (nSPS) is 10.3. The number of thiophene rings is 1. The van der Waals surface area contributed by atoms with Gasteiger partial charge in [-0.2, -0.15) is 0 Å². The van der Waals surface area contributed by atoms with E-state index >= 15 is 0 Å². The topological polar surface area (TPSA) is 38.8 Å². The molecule has 0 saturated heterocycles. The molecule has 0 radical (unpaired) electrons. The fourth-order valence-corrected chi connectivity index (χ4v) is 2.90. The summed E-state index contributed by atoms with van der Waals surface area (Å²) in [5, 5.41) is 2.01. The molecule has 21 heavy (non-hydrogen) atoms. The summed E-state index contributed by atoms with van der Waals surface area (Å²) in [6.45, 7) is 2.50. The number of methoxy groups -OCH3 is 2. The number of hydrogen-bond donors (Lipinski definition) is 0. The Morgan fingerprint density at radius 2 is 1.86 bits per heavy atom. The molecule has 0 aliphatic heterocycles. The van der Waals surface area contributed by atoms with Crippen LogP contribution in [0, 0.1) is 6.92 Å². The molecule has 0 spiro atoms. The van der Waals surface area contributed by atoms with Crippen LogP contribution in [-0.4, -0.2) is 32.1 Å². The zero-order valence-corrected chi connectivity index (χ0v) is 13.5. The molecule has 2 rings (SSSR count). The molecule has 0 saturated carbocycles. The van der Waals surface area contributed by atoms with Crippen LogP contribution in [0.3, 0.4) is 0 Å². The first-order valence-electron chi connectivity index (χ1n) is 6.57. The molecule has 0 N–H and O–H groups in total. The van der Waals surface area contributed by atoms with Gasteiger partial charge in [0.15, 0.2) is 0 Å². The first kappa shape index (κ1) is 15.4. The van der Waals surface area contributed by atoms with E-state index in [0.717, 1.165) is 10.4 Å². The molecule has 0 aliphatic carbocycles. The van der Waals surface area contributed by atoms with Gasteiger partial charge in [-0.25, -0.2) is 0 Å². The minimum Gasteiger partial charge on any atom is -0.496 e. The number of hydrogen-bond acceptors (Lipinski definition) is 4. The first-order valence-corrected chi connectivity index (χ1v) is 7.45. The Balaban J connectivity index is 2.26. The molecular weight excluding hydrogens is 286 g/mol. The van der Waals surface area contributed by atoms with Crippen molar-refractivity contribution in [2.75, 3.05) is 21.3 Å². The van der Waals surface area contributed by atoms with Gasteiger partial charge < -0.3 is 14.4 Å². The van der Waals surface area contributed by atoms with Crippen LogP contribution in [0.1, 0.15) is 20.8 Å². The van der Waals surface area contributed by atoms with Crippen LogP contribution in [0.5, 0.6) is 11.5 Å². The lowest BCUT2D eigenvalue weighted by Gasteiger charge is -2.18. The predicted octanol–water partition coefficient (Wildman–Crippen LogP) is 3.35. The molecule has 1 amide bonds. The molecule has 112 valence electrons. The monoisotopic (exact) mass is 305 g/mol. The van der Waals surface area contributed by atoms with Crippen molar-refractivity contribution < 1.29 is 14.3 Å². The van der Waals surface area contributed by atoms with Crippen molar-refractivity contribution in [3.05, 3.63) is 45.6 Å². The third-order valence-electron chi connectivity index (χ3n) is 3.32. The largest absolute Gasteiger partial charge is 0.496 e.